The highest BCUT2D eigenvalue weighted by Crippen LogP contribution is 2.61. The van der Waals surface area contributed by atoms with Gasteiger partial charge in [-0.05, 0) is 44.4 Å². The highest BCUT2D eigenvalue weighted by molar-refractivity contribution is 6.21. The van der Waals surface area contributed by atoms with Gasteiger partial charge < -0.3 is 19.7 Å². The molecule has 1 fully saturated rings. The van der Waals surface area contributed by atoms with Gasteiger partial charge in [0.25, 0.3) is 0 Å². The number of carbonyl (C=O) groups is 2. The molecule has 0 spiro atoms. The van der Waals surface area contributed by atoms with Crippen LogP contribution in [0.4, 0.5) is 0 Å². The number of halogens is 1. The smallest absolute Gasteiger partial charge is 0.334 e. The average molecular weight is 399 g/mol. The highest BCUT2D eigenvalue weighted by atomic mass is 35.5. The average Bonchev–Trinajstić information content (AvgIpc) is 2.57. The van der Waals surface area contributed by atoms with Gasteiger partial charge in [0.2, 0.25) is 0 Å². The molecule has 0 aromatic carbocycles. The minimum Gasteiger partial charge on any atom is -0.466 e. The Bertz CT molecular complexity index is 649. The van der Waals surface area contributed by atoms with Gasteiger partial charge in [0.05, 0.1) is 24.7 Å². The van der Waals surface area contributed by atoms with Crippen LogP contribution in [0.3, 0.4) is 0 Å². The van der Waals surface area contributed by atoms with Crippen LogP contribution in [-0.4, -0.2) is 46.7 Å². The second kappa shape index (κ2) is 7.69. The molecule has 0 aromatic rings. The molecule has 0 saturated heterocycles. The number of ether oxygens (including phenoxy) is 1. The van der Waals surface area contributed by atoms with Crippen LogP contribution in [0.2, 0.25) is 0 Å². The summed E-state index contributed by atoms with van der Waals surface area (Å²) in [5, 5.41) is 20.6. The Labute approximate surface area is 166 Å². The topological polar surface area (TPSA) is 83.8 Å². The van der Waals surface area contributed by atoms with Crippen molar-refractivity contribution < 1.29 is 24.5 Å². The van der Waals surface area contributed by atoms with E-state index in [0.717, 1.165) is 6.29 Å². The maximum absolute atomic E-state index is 12.2. The van der Waals surface area contributed by atoms with Crippen molar-refractivity contribution in [1.29, 1.82) is 0 Å². The van der Waals surface area contributed by atoms with Crippen LogP contribution in [0.5, 0.6) is 0 Å². The van der Waals surface area contributed by atoms with E-state index < -0.39 is 34.4 Å². The summed E-state index contributed by atoms with van der Waals surface area (Å²) < 4.78 is 4.84. The van der Waals surface area contributed by atoms with Crippen molar-refractivity contribution in [2.45, 2.75) is 64.0 Å². The summed E-state index contributed by atoms with van der Waals surface area (Å²) in [5.74, 6) is -1.39. The molecule has 0 radical (unpaired) electrons. The summed E-state index contributed by atoms with van der Waals surface area (Å²) >= 11 is 6.71. The van der Waals surface area contributed by atoms with Gasteiger partial charge >= 0.3 is 5.97 Å². The first-order chi connectivity index (χ1) is 12.4. The maximum Gasteiger partial charge on any atom is 0.334 e. The van der Waals surface area contributed by atoms with Crippen molar-refractivity contribution >= 4 is 23.9 Å². The number of carbonyl (C=O) groups excluding carboxylic acids is 2. The van der Waals surface area contributed by atoms with E-state index in [1.807, 2.05) is 13.0 Å². The summed E-state index contributed by atoms with van der Waals surface area (Å²) in [6.07, 6.45) is 6.82. The van der Waals surface area contributed by atoms with Crippen LogP contribution < -0.4 is 0 Å². The van der Waals surface area contributed by atoms with Crippen LogP contribution in [0.1, 0.15) is 47.0 Å². The van der Waals surface area contributed by atoms with Crippen molar-refractivity contribution in [3.63, 3.8) is 0 Å². The Balaban J connectivity index is 2.49. The van der Waals surface area contributed by atoms with Crippen LogP contribution in [0.15, 0.2) is 23.8 Å². The number of fused-ring (bicyclic) bond motifs is 1. The van der Waals surface area contributed by atoms with Crippen molar-refractivity contribution in [2.24, 2.45) is 22.7 Å². The lowest BCUT2D eigenvalue weighted by Crippen LogP contribution is -2.61. The molecule has 5 nitrogen and oxygen atoms in total. The molecule has 2 rings (SSSR count). The van der Waals surface area contributed by atoms with Crippen molar-refractivity contribution in [2.75, 3.05) is 7.11 Å². The van der Waals surface area contributed by atoms with E-state index in [-0.39, 0.29) is 11.3 Å². The number of hydrogen-bond acceptors (Lipinski definition) is 5. The van der Waals surface area contributed by atoms with E-state index in [2.05, 4.69) is 6.92 Å². The van der Waals surface area contributed by atoms with E-state index in [1.54, 1.807) is 26.0 Å². The molecule has 27 heavy (non-hydrogen) atoms. The normalized spacial score (nSPS) is 39.6. The Kier molecular flexibility index (Phi) is 6.30. The fourth-order valence-electron chi connectivity index (χ4n) is 4.95. The molecule has 0 bridgehead atoms. The van der Waals surface area contributed by atoms with Gasteiger partial charge in [-0.15, -0.1) is 11.6 Å². The number of aliphatic hydroxyl groups excluding tert-OH is 1. The van der Waals surface area contributed by atoms with E-state index in [4.69, 9.17) is 16.3 Å². The number of methoxy groups -OCH3 is 1. The Morgan fingerprint density at radius 2 is 2.07 bits per heavy atom. The number of hydrogen-bond donors (Lipinski definition) is 2. The summed E-state index contributed by atoms with van der Waals surface area (Å²) in [4.78, 5) is 24.2. The molecule has 2 aliphatic carbocycles. The third-order valence-electron chi connectivity index (χ3n) is 6.63. The number of allylic oxidation sites excluding steroid dienone is 2. The molecule has 0 aromatic heterocycles. The summed E-state index contributed by atoms with van der Waals surface area (Å²) in [6, 6.07) is 0. The number of aliphatic hydroxyl groups is 2. The fourth-order valence-corrected chi connectivity index (χ4v) is 5.36. The minimum absolute atomic E-state index is 0.105. The van der Waals surface area contributed by atoms with Gasteiger partial charge in [0.15, 0.2) is 0 Å². The zero-order chi connectivity index (χ0) is 20.6. The molecular weight excluding hydrogens is 368 g/mol. The molecule has 0 aliphatic heterocycles. The lowest BCUT2D eigenvalue weighted by atomic mass is 9.46. The van der Waals surface area contributed by atoms with Gasteiger partial charge in [-0.25, -0.2) is 4.79 Å². The lowest BCUT2D eigenvalue weighted by Gasteiger charge is -2.60. The van der Waals surface area contributed by atoms with Crippen molar-refractivity contribution in [3.8, 4) is 0 Å². The molecule has 6 heteroatoms. The number of alkyl halides is 1. The van der Waals surface area contributed by atoms with Crippen LogP contribution in [-0.2, 0) is 14.3 Å². The first kappa shape index (κ1) is 22.1. The first-order valence-corrected chi connectivity index (χ1v) is 9.81. The van der Waals surface area contributed by atoms with Crippen molar-refractivity contribution in [1.82, 2.24) is 0 Å². The molecular formula is C21H31ClO5. The molecule has 0 amide bonds. The second-order valence-corrected chi connectivity index (χ2v) is 9.43. The maximum atomic E-state index is 12.2. The third kappa shape index (κ3) is 3.87. The Morgan fingerprint density at radius 1 is 1.44 bits per heavy atom. The van der Waals surface area contributed by atoms with Crippen LogP contribution in [0, 0.1) is 22.7 Å². The first-order valence-electron chi connectivity index (χ1n) is 9.37. The van der Waals surface area contributed by atoms with Crippen molar-refractivity contribution in [3.05, 3.63) is 23.8 Å². The van der Waals surface area contributed by atoms with Crippen LogP contribution in [0.25, 0.3) is 0 Å². The largest absolute Gasteiger partial charge is 0.466 e. The summed E-state index contributed by atoms with van der Waals surface area (Å²) in [7, 11) is 1.29. The Morgan fingerprint density at radius 3 is 2.59 bits per heavy atom. The van der Waals surface area contributed by atoms with Gasteiger partial charge in [-0.2, -0.15) is 0 Å². The number of esters is 1. The van der Waals surface area contributed by atoms with E-state index in [0.29, 0.717) is 24.8 Å². The standard InChI is InChI=1S/C21H31ClO5/c1-19(2,26)9-6-10-20(3)15-8-7-13(18(25)27-5)14(12-23)21(15,4)17(24)11-16(20)22/h6-7,9,12,14-17,24,26H,8,10-11H2,1-5H3/b9-6+/t14-,15+,16+,17+,20+,21-/m1/s1. The monoisotopic (exact) mass is 398 g/mol. The summed E-state index contributed by atoms with van der Waals surface area (Å²) in [6.45, 7) is 7.34. The SMILES string of the molecule is COC(=O)C1=CC[C@H]2[C@](C)(C/C=C/C(C)(C)O)[C@@H](Cl)C[C@H](O)[C@]2(C)[C@@H]1C=O. The second-order valence-electron chi connectivity index (χ2n) is 8.90. The predicted molar refractivity (Wildman–Crippen MR) is 104 cm³/mol. The van der Waals surface area contributed by atoms with E-state index >= 15 is 0 Å². The number of rotatable bonds is 5. The molecule has 0 unspecified atom stereocenters. The van der Waals surface area contributed by atoms with Gasteiger partial charge in [0, 0.05) is 16.4 Å². The highest BCUT2D eigenvalue weighted by Gasteiger charge is 2.61. The van der Waals surface area contributed by atoms with E-state index in [9.17, 15) is 19.8 Å². The zero-order valence-electron chi connectivity index (χ0n) is 16.7. The predicted octanol–water partition coefficient (Wildman–Crippen LogP) is 3.02. The minimum atomic E-state index is -0.925. The number of aldehydes is 1. The molecule has 1 saturated carbocycles. The van der Waals surface area contributed by atoms with Gasteiger partial charge in [-0.3, -0.25) is 0 Å². The molecule has 6 atom stereocenters. The molecule has 2 aliphatic rings. The molecule has 152 valence electrons. The summed E-state index contributed by atoms with van der Waals surface area (Å²) in [5.41, 5.74) is -1.84. The molecule has 2 N–H and O–H groups in total. The van der Waals surface area contributed by atoms with E-state index in [1.165, 1.54) is 7.11 Å². The molecule has 0 heterocycles. The quantitative estimate of drug-likeness (QED) is 0.322. The van der Waals surface area contributed by atoms with Gasteiger partial charge in [0.1, 0.15) is 6.29 Å². The Hall–Kier alpha value is -1.17. The van der Waals surface area contributed by atoms with Crippen LogP contribution >= 0.6 is 11.6 Å². The zero-order valence-corrected chi connectivity index (χ0v) is 17.5. The lowest BCUT2D eigenvalue weighted by molar-refractivity contribution is -0.152. The fraction of sp³-hybridized carbons (Fsp3) is 0.714. The third-order valence-corrected chi connectivity index (χ3v) is 7.31. The van der Waals surface area contributed by atoms with Gasteiger partial charge in [-0.1, -0.05) is 32.1 Å².